The van der Waals surface area contributed by atoms with Gasteiger partial charge in [-0.2, -0.15) is 0 Å². The summed E-state index contributed by atoms with van der Waals surface area (Å²) in [5.41, 5.74) is 3.07. The third-order valence-electron chi connectivity index (χ3n) is 4.31. The van der Waals surface area contributed by atoms with Crippen molar-refractivity contribution in [1.29, 1.82) is 5.26 Å². The van der Waals surface area contributed by atoms with Gasteiger partial charge in [0.05, 0.1) is 12.6 Å². The summed E-state index contributed by atoms with van der Waals surface area (Å²) in [5.74, 6) is 0. The number of nitriles is 1. The fourth-order valence-corrected chi connectivity index (χ4v) is 2.92. The lowest BCUT2D eigenvalue weighted by molar-refractivity contribution is 0.589. The quantitative estimate of drug-likeness (QED) is 0.683. The third-order valence-corrected chi connectivity index (χ3v) is 4.31. The van der Waals surface area contributed by atoms with E-state index in [4.69, 9.17) is 11.8 Å². The van der Waals surface area contributed by atoms with E-state index in [-0.39, 0.29) is 5.70 Å². The van der Waals surface area contributed by atoms with Gasteiger partial charge >= 0.3 is 0 Å². The Hall–Kier alpha value is -2.82. The predicted molar refractivity (Wildman–Crippen MR) is 93.8 cm³/mol. The molecule has 1 N–H and O–H groups in total. The number of nitrogens with zero attached hydrogens (tertiary/aromatic N) is 3. The number of allylic oxidation sites excluding steroid dienone is 2. The van der Waals surface area contributed by atoms with Gasteiger partial charge in [0, 0.05) is 31.9 Å². The van der Waals surface area contributed by atoms with Crippen LogP contribution in [-0.4, -0.2) is 26.2 Å². The molecule has 23 heavy (non-hydrogen) atoms. The maximum absolute atomic E-state index is 9.02. The summed E-state index contributed by atoms with van der Waals surface area (Å²) in [5, 5.41) is 14.7. The van der Waals surface area contributed by atoms with Crippen LogP contribution in [0.25, 0.3) is 21.2 Å². The van der Waals surface area contributed by atoms with Crippen molar-refractivity contribution < 1.29 is 0 Å². The van der Waals surface area contributed by atoms with E-state index >= 15 is 0 Å². The lowest BCUT2D eigenvalue weighted by atomic mass is 10.0. The molecule has 1 aliphatic rings. The highest BCUT2D eigenvalue weighted by atomic mass is 15.2. The molecule has 1 aliphatic heterocycles. The van der Waals surface area contributed by atoms with Crippen molar-refractivity contribution in [2.75, 3.05) is 31.1 Å². The van der Waals surface area contributed by atoms with Crippen LogP contribution in [0.2, 0.25) is 0 Å². The van der Waals surface area contributed by atoms with Crippen LogP contribution in [0.4, 0.5) is 5.69 Å². The molecule has 0 amide bonds. The molecule has 0 saturated carbocycles. The van der Waals surface area contributed by atoms with E-state index in [0.717, 1.165) is 42.7 Å². The Bertz CT molecular complexity index is 830. The van der Waals surface area contributed by atoms with Crippen molar-refractivity contribution >= 4 is 22.0 Å². The van der Waals surface area contributed by atoms with Gasteiger partial charge in [0.15, 0.2) is 0 Å². The Morgan fingerprint density at radius 2 is 1.87 bits per heavy atom. The second-order valence-electron chi connectivity index (χ2n) is 5.68. The van der Waals surface area contributed by atoms with Gasteiger partial charge in [0.1, 0.15) is 0 Å². The number of rotatable bonds is 2. The molecule has 3 rings (SSSR count). The Kier molecular flexibility index (Phi) is 4.28. The number of hydrogen-bond donors (Lipinski definition) is 1. The van der Waals surface area contributed by atoms with E-state index in [9.17, 15) is 0 Å². The fourth-order valence-electron chi connectivity index (χ4n) is 2.92. The first kappa shape index (κ1) is 15.1. The van der Waals surface area contributed by atoms with Crippen LogP contribution in [0, 0.1) is 17.9 Å². The summed E-state index contributed by atoms with van der Waals surface area (Å²) in [4.78, 5) is 5.68. The van der Waals surface area contributed by atoms with Gasteiger partial charge in [-0.1, -0.05) is 18.2 Å². The van der Waals surface area contributed by atoms with Crippen molar-refractivity contribution in [3.63, 3.8) is 0 Å². The molecular formula is C19H18N4. The molecule has 0 spiro atoms. The molecule has 0 radical (unpaired) electrons. The summed E-state index contributed by atoms with van der Waals surface area (Å²) in [6, 6.07) is 14.5. The molecule has 4 heteroatoms. The van der Waals surface area contributed by atoms with Crippen LogP contribution >= 0.6 is 0 Å². The molecule has 1 saturated heterocycles. The van der Waals surface area contributed by atoms with Gasteiger partial charge < -0.3 is 10.2 Å². The lowest BCUT2D eigenvalue weighted by Gasteiger charge is -2.29. The molecule has 114 valence electrons. The highest BCUT2D eigenvalue weighted by molar-refractivity contribution is 5.89. The van der Waals surface area contributed by atoms with Gasteiger partial charge in [-0.25, -0.2) is 10.1 Å². The minimum Gasteiger partial charge on any atom is -0.369 e. The van der Waals surface area contributed by atoms with Crippen molar-refractivity contribution in [3.05, 3.63) is 59.1 Å². The molecule has 0 aromatic heterocycles. The molecule has 1 heterocycles. The number of anilines is 1. The number of hydrogen-bond acceptors (Lipinski definition) is 3. The summed E-state index contributed by atoms with van der Waals surface area (Å²) in [7, 11) is 0. The molecule has 4 nitrogen and oxygen atoms in total. The highest BCUT2D eigenvalue weighted by Gasteiger charge is 2.11. The van der Waals surface area contributed by atoms with E-state index in [1.807, 2.05) is 19.1 Å². The second-order valence-corrected chi connectivity index (χ2v) is 5.68. The first-order valence-electron chi connectivity index (χ1n) is 7.71. The van der Waals surface area contributed by atoms with Crippen LogP contribution in [-0.2, 0) is 0 Å². The number of fused-ring (bicyclic) bond motifs is 1. The average Bonchev–Trinajstić information content (AvgIpc) is 2.62. The van der Waals surface area contributed by atoms with Crippen molar-refractivity contribution in [3.8, 4) is 6.07 Å². The predicted octanol–water partition coefficient (Wildman–Crippen LogP) is 3.42. The summed E-state index contributed by atoms with van der Waals surface area (Å²) in [6.07, 6.45) is 0. The van der Waals surface area contributed by atoms with Gasteiger partial charge in [-0.15, -0.1) is 0 Å². The largest absolute Gasteiger partial charge is 0.369 e. The summed E-state index contributed by atoms with van der Waals surface area (Å²) in [6.45, 7) is 13.0. The molecule has 0 aliphatic carbocycles. The zero-order chi connectivity index (χ0) is 16.2. The Morgan fingerprint density at radius 1 is 1.17 bits per heavy atom. The topological polar surface area (TPSA) is 43.4 Å². The summed E-state index contributed by atoms with van der Waals surface area (Å²) < 4.78 is 0. The zero-order valence-corrected chi connectivity index (χ0v) is 13.1. The number of piperazine rings is 1. The standard InChI is InChI=1S/C19H18N4/c1-14(19(13-20)21-2)15-3-4-17-12-18(6-5-16(17)11-15)23-9-7-22-8-10-23/h3-6,11-12,22H,7-10H2,1H3/b19-14-. The molecule has 0 unspecified atom stereocenters. The zero-order valence-electron chi connectivity index (χ0n) is 13.1. The van der Waals surface area contributed by atoms with E-state index < -0.39 is 0 Å². The molecule has 2 aromatic carbocycles. The van der Waals surface area contributed by atoms with Crippen molar-refractivity contribution in [2.24, 2.45) is 0 Å². The van der Waals surface area contributed by atoms with Crippen molar-refractivity contribution in [2.45, 2.75) is 6.92 Å². The normalized spacial score (nSPS) is 15.7. The van der Waals surface area contributed by atoms with E-state index in [0.29, 0.717) is 0 Å². The third kappa shape index (κ3) is 3.04. The SMILES string of the molecule is [C-]#[N+]/C(C#N)=C(/C)c1ccc2cc(N3CCNCC3)ccc2c1. The van der Waals surface area contributed by atoms with E-state index in [1.165, 1.54) is 11.1 Å². The minimum atomic E-state index is 0.154. The van der Waals surface area contributed by atoms with Gasteiger partial charge in [0.2, 0.25) is 0 Å². The van der Waals surface area contributed by atoms with Crippen LogP contribution < -0.4 is 10.2 Å². The average molecular weight is 302 g/mol. The van der Waals surface area contributed by atoms with Gasteiger partial charge in [-0.05, 0) is 47.0 Å². The minimum absolute atomic E-state index is 0.154. The highest BCUT2D eigenvalue weighted by Crippen LogP contribution is 2.27. The first-order valence-corrected chi connectivity index (χ1v) is 7.71. The van der Waals surface area contributed by atoms with Crippen LogP contribution in [0.3, 0.4) is 0 Å². The van der Waals surface area contributed by atoms with E-state index in [2.05, 4.69) is 45.4 Å². The van der Waals surface area contributed by atoms with Crippen molar-refractivity contribution in [1.82, 2.24) is 5.32 Å². The first-order chi connectivity index (χ1) is 11.2. The summed E-state index contributed by atoms with van der Waals surface area (Å²) >= 11 is 0. The lowest BCUT2D eigenvalue weighted by Crippen LogP contribution is -2.43. The molecule has 1 fully saturated rings. The Balaban J connectivity index is 1.98. The molecule has 2 aromatic rings. The molecule has 0 bridgehead atoms. The van der Waals surface area contributed by atoms with Crippen LogP contribution in [0.5, 0.6) is 0 Å². The second kappa shape index (κ2) is 6.52. The fraction of sp³-hybridized carbons (Fsp3) is 0.263. The van der Waals surface area contributed by atoms with Crippen LogP contribution in [0.1, 0.15) is 12.5 Å². The maximum atomic E-state index is 9.02. The maximum Gasteiger partial charge on any atom is 0.265 e. The number of benzene rings is 2. The monoisotopic (exact) mass is 302 g/mol. The smallest absolute Gasteiger partial charge is 0.265 e. The van der Waals surface area contributed by atoms with Crippen LogP contribution in [0.15, 0.2) is 42.1 Å². The Morgan fingerprint density at radius 3 is 2.57 bits per heavy atom. The molecular weight excluding hydrogens is 284 g/mol. The number of nitrogens with one attached hydrogen (secondary N) is 1. The molecule has 0 atom stereocenters. The van der Waals surface area contributed by atoms with Gasteiger partial charge in [0.25, 0.3) is 5.70 Å². The Labute approximate surface area is 136 Å². The van der Waals surface area contributed by atoms with E-state index in [1.54, 1.807) is 0 Å². The van der Waals surface area contributed by atoms with Gasteiger partial charge in [-0.3, -0.25) is 0 Å².